The molecule has 0 saturated carbocycles. The third kappa shape index (κ3) is 3.25. The molecule has 1 aromatic heterocycles. The third-order valence-electron chi connectivity index (χ3n) is 2.41. The molecule has 0 spiro atoms. The lowest BCUT2D eigenvalue weighted by Gasteiger charge is -2.25. The second-order valence-electron chi connectivity index (χ2n) is 3.53. The molecule has 0 aliphatic carbocycles. The summed E-state index contributed by atoms with van der Waals surface area (Å²) in [6, 6.07) is 3.65. The lowest BCUT2D eigenvalue weighted by Crippen LogP contribution is -2.37. The van der Waals surface area contributed by atoms with Crippen LogP contribution in [0.4, 0.5) is 0 Å². The number of amides is 1. The Hall–Kier alpha value is -0.960. The van der Waals surface area contributed by atoms with E-state index in [0.29, 0.717) is 0 Å². The minimum atomic E-state index is -0.148. The molecule has 90 valence electrons. The number of aliphatic hydroxyl groups is 1. The summed E-state index contributed by atoms with van der Waals surface area (Å²) >= 11 is 3.28. The van der Waals surface area contributed by atoms with E-state index in [0.717, 1.165) is 34.3 Å². The predicted molar refractivity (Wildman–Crippen MR) is 71.5 cm³/mol. The van der Waals surface area contributed by atoms with Gasteiger partial charge >= 0.3 is 0 Å². The highest BCUT2D eigenvalue weighted by atomic mass is 32.2. The Kier molecular flexibility index (Phi) is 4.49. The first-order valence-electron chi connectivity index (χ1n) is 5.38. The van der Waals surface area contributed by atoms with E-state index in [4.69, 9.17) is 5.11 Å². The summed E-state index contributed by atoms with van der Waals surface area (Å²) in [6.45, 7) is 1.52. The molecular weight excluding hydrogens is 254 g/mol. The monoisotopic (exact) mass is 267 g/mol. The highest BCUT2D eigenvalue weighted by molar-refractivity contribution is 7.99. The zero-order chi connectivity index (χ0) is 12.1. The Bertz CT molecular complexity index is 453. The van der Waals surface area contributed by atoms with E-state index < -0.39 is 0 Å². The molecule has 0 radical (unpaired) electrons. The van der Waals surface area contributed by atoms with Gasteiger partial charge in [0, 0.05) is 24.6 Å². The first-order chi connectivity index (χ1) is 8.31. The Morgan fingerprint density at radius 3 is 2.88 bits per heavy atom. The normalized spacial score (nSPS) is 15.2. The summed E-state index contributed by atoms with van der Waals surface area (Å²) < 4.78 is 0. The summed E-state index contributed by atoms with van der Waals surface area (Å²) in [5, 5.41) is 8.60. The van der Waals surface area contributed by atoms with Gasteiger partial charge in [-0.25, -0.2) is 0 Å². The maximum absolute atomic E-state index is 12.1. The third-order valence-corrected chi connectivity index (χ3v) is 4.34. The molecular formula is C12H13NO2S2. The number of carbonyl (C=O) groups is 1. The lowest BCUT2D eigenvalue weighted by atomic mass is 10.3. The van der Waals surface area contributed by atoms with Crippen molar-refractivity contribution in [3.8, 4) is 11.8 Å². The molecule has 5 heteroatoms. The molecule has 1 aromatic rings. The molecule has 0 unspecified atom stereocenters. The van der Waals surface area contributed by atoms with Crippen molar-refractivity contribution in [2.45, 2.75) is 0 Å². The second kappa shape index (κ2) is 6.10. The van der Waals surface area contributed by atoms with Crippen molar-refractivity contribution in [3.05, 3.63) is 21.9 Å². The van der Waals surface area contributed by atoms with Gasteiger partial charge in [-0.15, -0.1) is 11.3 Å². The van der Waals surface area contributed by atoms with Gasteiger partial charge in [0.25, 0.3) is 5.91 Å². The van der Waals surface area contributed by atoms with Crippen LogP contribution in [-0.4, -0.2) is 47.1 Å². The van der Waals surface area contributed by atoms with Gasteiger partial charge in [0.2, 0.25) is 0 Å². The molecule has 1 fully saturated rings. The van der Waals surface area contributed by atoms with Crippen LogP contribution >= 0.6 is 23.1 Å². The Labute approximate surface area is 109 Å². The molecule has 1 N–H and O–H groups in total. The van der Waals surface area contributed by atoms with Crippen molar-refractivity contribution < 1.29 is 9.90 Å². The van der Waals surface area contributed by atoms with Crippen LogP contribution in [0.2, 0.25) is 0 Å². The number of aliphatic hydroxyl groups excluding tert-OH is 1. The standard InChI is InChI=1S/C12H13NO2S2/c14-7-1-2-10-3-4-11(17-10)12(15)13-5-8-16-9-6-13/h3-4,14H,5-9H2. The molecule has 2 rings (SSSR count). The molecule has 1 aliphatic rings. The molecule has 0 aromatic carbocycles. The van der Waals surface area contributed by atoms with Crippen LogP contribution in [0.5, 0.6) is 0 Å². The first-order valence-corrected chi connectivity index (χ1v) is 7.35. The van der Waals surface area contributed by atoms with Crippen molar-refractivity contribution in [1.29, 1.82) is 0 Å². The van der Waals surface area contributed by atoms with Gasteiger partial charge in [0.15, 0.2) is 0 Å². The zero-order valence-electron chi connectivity index (χ0n) is 9.31. The number of hydrogen-bond acceptors (Lipinski definition) is 4. The molecule has 1 saturated heterocycles. The number of nitrogens with zero attached hydrogens (tertiary/aromatic N) is 1. The summed E-state index contributed by atoms with van der Waals surface area (Å²) in [6.07, 6.45) is 0. The number of hydrogen-bond donors (Lipinski definition) is 1. The minimum absolute atomic E-state index is 0.104. The van der Waals surface area contributed by atoms with Gasteiger partial charge in [-0.1, -0.05) is 11.8 Å². The minimum Gasteiger partial charge on any atom is -0.384 e. The van der Waals surface area contributed by atoms with Crippen molar-refractivity contribution in [2.24, 2.45) is 0 Å². The Balaban J connectivity index is 2.06. The quantitative estimate of drug-likeness (QED) is 0.779. The van der Waals surface area contributed by atoms with E-state index in [1.807, 2.05) is 28.8 Å². The van der Waals surface area contributed by atoms with E-state index in [1.165, 1.54) is 11.3 Å². The van der Waals surface area contributed by atoms with Gasteiger partial charge in [-0.05, 0) is 12.1 Å². The molecule has 17 heavy (non-hydrogen) atoms. The van der Waals surface area contributed by atoms with Crippen molar-refractivity contribution >= 4 is 29.0 Å². The maximum atomic E-state index is 12.1. The van der Waals surface area contributed by atoms with Crippen LogP contribution < -0.4 is 0 Å². The van der Waals surface area contributed by atoms with Gasteiger partial charge in [0.1, 0.15) is 6.61 Å². The van der Waals surface area contributed by atoms with Gasteiger partial charge in [-0.2, -0.15) is 11.8 Å². The fourth-order valence-electron chi connectivity index (χ4n) is 1.57. The van der Waals surface area contributed by atoms with Crippen LogP contribution in [-0.2, 0) is 0 Å². The zero-order valence-corrected chi connectivity index (χ0v) is 10.9. The van der Waals surface area contributed by atoms with Crippen LogP contribution in [0.3, 0.4) is 0 Å². The lowest BCUT2D eigenvalue weighted by molar-refractivity contribution is 0.0777. The Morgan fingerprint density at radius 1 is 1.41 bits per heavy atom. The topological polar surface area (TPSA) is 40.5 Å². The van der Waals surface area contributed by atoms with E-state index in [-0.39, 0.29) is 12.5 Å². The van der Waals surface area contributed by atoms with Gasteiger partial charge in [0.05, 0.1) is 9.75 Å². The summed E-state index contributed by atoms with van der Waals surface area (Å²) in [4.78, 5) is 15.6. The molecule has 2 heterocycles. The SMILES string of the molecule is O=C(c1ccc(C#CCO)s1)N1CCSCC1. The van der Waals surface area contributed by atoms with Crippen LogP contribution in [0.15, 0.2) is 12.1 Å². The van der Waals surface area contributed by atoms with Crippen LogP contribution in [0.1, 0.15) is 14.5 Å². The molecule has 1 aliphatic heterocycles. The van der Waals surface area contributed by atoms with E-state index in [2.05, 4.69) is 11.8 Å². The number of thioether (sulfide) groups is 1. The summed E-state index contributed by atoms with van der Waals surface area (Å²) in [5.74, 6) is 7.55. The number of thiophene rings is 1. The van der Waals surface area contributed by atoms with Crippen molar-refractivity contribution in [1.82, 2.24) is 4.90 Å². The highest BCUT2D eigenvalue weighted by Gasteiger charge is 2.19. The molecule has 3 nitrogen and oxygen atoms in total. The number of rotatable bonds is 1. The first kappa shape index (κ1) is 12.5. The molecule has 0 atom stereocenters. The van der Waals surface area contributed by atoms with Crippen molar-refractivity contribution in [3.63, 3.8) is 0 Å². The largest absolute Gasteiger partial charge is 0.384 e. The van der Waals surface area contributed by atoms with E-state index in [1.54, 1.807) is 0 Å². The summed E-state index contributed by atoms with van der Waals surface area (Å²) in [7, 11) is 0. The molecule has 1 amide bonds. The number of carbonyl (C=O) groups excluding carboxylic acids is 1. The maximum Gasteiger partial charge on any atom is 0.264 e. The van der Waals surface area contributed by atoms with E-state index in [9.17, 15) is 4.79 Å². The smallest absolute Gasteiger partial charge is 0.264 e. The van der Waals surface area contributed by atoms with Gasteiger partial charge in [-0.3, -0.25) is 4.79 Å². The van der Waals surface area contributed by atoms with Crippen LogP contribution in [0.25, 0.3) is 0 Å². The van der Waals surface area contributed by atoms with E-state index >= 15 is 0 Å². The Morgan fingerprint density at radius 2 is 2.18 bits per heavy atom. The molecule has 0 bridgehead atoms. The average Bonchev–Trinajstić information content (AvgIpc) is 2.85. The highest BCUT2D eigenvalue weighted by Crippen LogP contribution is 2.19. The average molecular weight is 267 g/mol. The fourth-order valence-corrected chi connectivity index (χ4v) is 3.32. The predicted octanol–water partition coefficient (Wildman–Crippen LogP) is 1.28. The van der Waals surface area contributed by atoms with Crippen molar-refractivity contribution in [2.75, 3.05) is 31.2 Å². The fraction of sp³-hybridized carbons (Fsp3) is 0.417. The van der Waals surface area contributed by atoms with Gasteiger partial charge < -0.3 is 10.0 Å². The summed E-state index contributed by atoms with van der Waals surface area (Å²) in [5.41, 5.74) is 0. The second-order valence-corrected chi connectivity index (χ2v) is 5.84. The van der Waals surface area contributed by atoms with Crippen LogP contribution in [0, 0.1) is 11.8 Å².